The van der Waals surface area contributed by atoms with Crippen LogP contribution in [0.4, 0.5) is 0 Å². The molecule has 0 aliphatic carbocycles. The Morgan fingerprint density at radius 1 is 1.08 bits per heavy atom. The third-order valence-corrected chi connectivity index (χ3v) is 3.90. The Kier molecular flexibility index (Phi) is 4.70. The van der Waals surface area contributed by atoms with Crippen LogP contribution in [0.25, 0.3) is 11.1 Å². The first-order valence-electron chi connectivity index (χ1n) is 7.75. The van der Waals surface area contributed by atoms with E-state index in [0.29, 0.717) is 22.6 Å². The van der Waals surface area contributed by atoms with Crippen LogP contribution in [0.2, 0.25) is 0 Å². The van der Waals surface area contributed by atoms with Crippen LogP contribution in [-0.2, 0) is 11.3 Å². The summed E-state index contributed by atoms with van der Waals surface area (Å²) in [6.45, 7) is 2.05. The molecule has 2 aromatic heterocycles. The van der Waals surface area contributed by atoms with Crippen LogP contribution in [0.5, 0.6) is 0 Å². The van der Waals surface area contributed by atoms with Gasteiger partial charge in [0.15, 0.2) is 0 Å². The highest BCUT2D eigenvalue weighted by Crippen LogP contribution is 2.14. The first-order valence-corrected chi connectivity index (χ1v) is 7.75. The Morgan fingerprint density at radius 2 is 1.84 bits per heavy atom. The molecule has 0 fully saturated rings. The van der Waals surface area contributed by atoms with Crippen LogP contribution in [0.1, 0.15) is 21.9 Å². The van der Waals surface area contributed by atoms with Crippen molar-refractivity contribution in [1.29, 1.82) is 0 Å². The molecule has 0 spiro atoms. The number of carbonyl (C=O) groups is 1. The number of aromatic nitrogens is 3. The summed E-state index contributed by atoms with van der Waals surface area (Å²) in [6, 6.07) is 12.7. The fourth-order valence-electron chi connectivity index (χ4n) is 2.50. The Hall–Kier alpha value is -3.28. The standard InChI is InChI=1S/C19H17N3O3/c1-13-20-11-17(14-6-4-3-5-7-14)18(23)22(13)12-16-9-8-15(10-21-16)19(24)25-2/h3-11H,12H2,1-2H3. The molecule has 0 aliphatic rings. The van der Waals surface area contributed by atoms with Gasteiger partial charge in [-0.2, -0.15) is 0 Å². The molecule has 3 rings (SSSR count). The number of aryl methyl sites for hydroxylation is 1. The van der Waals surface area contributed by atoms with Gasteiger partial charge < -0.3 is 4.74 Å². The Bertz CT molecular complexity index is 948. The highest BCUT2D eigenvalue weighted by Gasteiger charge is 2.11. The summed E-state index contributed by atoms with van der Waals surface area (Å²) >= 11 is 0. The van der Waals surface area contributed by atoms with Gasteiger partial charge in [0.25, 0.3) is 5.56 Å². The number of esters is 1. The number of hydrogen-bond acceptors (Lipinski definition) is 5. The monoisotopic (exact) mass is 335 g/mol. The zero-order valence-corrected chi connectivity index (χ0v) is 14.0. The first-order chi connectivity index (χ1) is 12.1. The Labute approximate surface area is 144 Å². The molecule has 0 atom stereocenters. The van der Waals surface area contributed by atoms with Crippen molar-refractivity contribution in [2.24, 2.45) is 0 Å². The maximum absolute atomic E-state index is 12.8. The van der Waals surface area contributed by atoms with Crippen molar-refractivity contribution in [3.63, 3.8) is 0 Å². The lowest BCUT2D eigenvalue weighted by molar-refractivity contribution is 0.0600. The molecule has 3 aromatic rings. The summed E-state index contributed by atoms with van der Waals surface area (Å²) in [5.41, 5.74) is 2.26. The zero-order chi connectivity index (χ0) is 17.8. The van der Waals surface area contributed by atoms with E-state index in [0.717, 1.165) is 5.56 Å². The van der Waals surface area contributed by atoms with E-state index < -0.39 is 5.97 Å². The summed E-state index contributed by atoms with van der Waals surface area (Å²) in [5, 5.41) is 0. The van der Waals surface area contributed by atoms with Gasteiger partial charge in [-0.1, -0.05) is 30.3 Å². The van der Waals surface area contributed by atoms with E-state index in [4.69, 9.17) is 0 Å². The second kappa shape index (κ2) is 7.09. The minimum Gasteiger partial charge on any atom is -0.465 e. The van der Waals surface area contributed by atoms with E-state index in [1.165, 1.54) is 13.3 Å². The number of methoxy groups -OCH3 is 1. The van der Waals surface area contributed by atoms with E-state index in [-0.39, 0.29) is 12.1 Å². The van der Waals surface area contributed by atoms with Crippen molar-refractivity contribution >= 4 is 5.97 Å². The van der Waals surface area contributed by atoms with Gasteiger partial charge in [-0.15, -0.1) is 0 Å². The zero-order valence-electron chi connectivity index (χ0n) is 14.0. The van der Waals surface area contributed by atoms with Crippen LogP contribution >= 0.6 is 0 Å². The molecule has 0 aliphatic heterocycles. The molecule has 6 nitrogen and oxygen atoms in total. The van der Waals surface area contributed by atoms with Crippen LogP contribution < -0.4 is 5.56 Å². The molecule has 0 radical (unpaired) electrons. The molecule has 0 amide bonds. The maximum atomic E-state index is 12.8. The number of ether oxygens (including phenoxy) is 1. The Morgan fingerprint density at radius 3 is 2.48 bits per heavy atom. The lowest BCUT2D eigenvalue weighted by atomic mass is 10.1. The highest BCUT2D eigenvalue weighted by molar-refractivity contribution is 5.88. The van der Waals surface area contributed by atoms with Gasteiger partial charge in [0.2, 0.25) is 0 Å². The predicted molar refractivity (Wildman–Crippen MR) is 93.3 cm³/mol. The van der Waals surface area contributed by atoms with E-state index in [1.807, 2.05) is 30.3 Å². The molecule has 126 valence electrons. The lowest BCUT2D eigenvalue weighted by Crippen LogP contribution is -2.26. The average Bonchev–Trinajstić information content (AvgIpc) is 2.65. The summed E-state index contributed by atoms with van der Waals surface area (Å²) in [5.74, 6) is 0.156. The van der Waals surface area contributed by atoms with E-state index >= 15 is 0 Å². The molecule has 0 N–H and O–H groups in total. The average molecular weight is 335 g/mol. The van der Waals surface area contributed by atoms with Gasteiger partial charge in [-0.3, -0.25) is 14.3 Å². The number of rotatable bonds is 4. The SMILES string of the molecule is COC(=O)c1ccc(Cn2c(C)ncc(-c3ccccc3)c2=O)nc1. The number of pyridine rings is 1. The molecule has 0 saturated heterocycles. The van der Waals surface area contributed by atoms with Crippen molar-refractivity contribution in [3.8, 4) is 11.1 Å². The topological polar surface area (TPSA) is 74.1 Å². The first kappa shape index (κ1) is 16.6. The lowest BCUT2D eigenvalue weighted by Gasteiger charge is -2.11. The van der Waals surface area contributed by atoms with Gasteiger partial charge >= 0.3 is 5.97 Å². The van der Waals surface area contributed by atoms with Crippen molar-refractivity contribution < 1.29 is 9.53 Å². The summed E-state index contributed by atoms with van der Waals surface area (Å²) in [7, 11) is 1.32. The van der Waals surface area contributed by atoms with Crippen LogP contribution in [0.3, 0.4) is 0 Å². The van der Waals surface area contributed by atoms with Crippen molar-refractivity contribution in [2.75, 3.05) is 7.11 Å². The number of hydrogen-bond donors (Lipinski definition) is 0. The fraction of sp³-hybridized carbons (Fsp3) is 0.158. The van der Waals surface area contributed by atoms with Crippen molar-refractivity contribution in [2.45, 2.75) is 13.5 Å². The van der Waals surface area contributed by atoms with Gasteiger partial charge in [-0.05, 0) is 24.6 Å². The van der Waals surface area contributed by atoms with Gasteiger partial charge in [0, 0.05) is 12.4 Å². The van der Waals surface area contributed by atoms with Gasteiger partial charge in [0.1, 0.15) is 5.82 Å². The molecule has 2 heterocycles. The minimum atomic E-state index is -0.444. The van der Waals surface area contributed by atoms with Crippen LogP contribution in [-0.4, -0.2) is 27.6 Å². The van der Waals surface area contributed by atoms with Crippen LogP contribution in [0, 0.1) is 6.92 Å². The molecule has 25 heavy (non-hydrogen) atoms. The third kappa shape index (κ3) is 3.47. The summed E-state index contributed by atoms with van der Waals surface area (Å²) < 4.78 is 6.23. The molecule has 0 bridgehead atoms. The van der Waals surface area contributed by atoms with E-state index in [1.54, 1.807) is 29.8 Å². The normalized spacial score (nSPS) is 10.5. The predicted octanol–water partition coefficient (Wildman–Crippen LogP) is 2.45. The Balaban J connectivity index is 1.95. The number of benzene rings is 1. The molecular weight excluding hydrogens is 318 g/mol. The largest absolute Gasteiger partial charge is 0.465 e. The third-order valence-electron chi connectivity index (χ3n) is 3.90. The van der Waals surface area contributed by atoms with E-state index in [9.17, 15) is 9.59 Å². The van der Waals surface area contributed by atoms with Crippen molar-refractivity contribution in [3.05, 3.63) is 82.3 Å². The summed E-state index contributed by atoms with van der Waals surface area (Å²) in [4.78, 5) is 32.9. The smallest absolute Gasteiger partial charge is 0.339 e. The highest BCUT2D eigenvalue weighted by atomic mass is 16.5. The van der Waals surface area contributed by atoms with Gasteiger partial charge in [0.05, 0.1) is 30.5 Å². The molecule has 6 heteroatoms. The minimum absolute atomic E-state index is 0.127. The fourth-order valence-corrected chi connectivity index (χ4v) is 2.50. The molecule has 1 aromatic carbocycles. The molecule has 0 unspecified atom stereocenters. The van der Waals surface area contributed by atoms with Crippen LogP contribution in [0.15, 0.2) is 59.7 Å². The summed E-state index contributed by atoms with van der Waals surface area (Å²) in [6.07, 6.45) is 3.04. The molecule has 0 saturated carbocycles. The van der Waals surface area contributed by atoms with Crippen molar-refractivity contribution in [1.82, 2.24) is 14.5 Å². The second-order valence-corrected chi connectivity index (χ2v) is 5.51. The maximum Gasteiger partial charge on any atom is 0.339 e. The number of nitrogens with zero attached hydrogens (tertiary/aromatic N) is 3. The second-order valence-electron chi connectivity index (χ2n) is 5.51. The van der Waals surface area contributed by atoms with E-state index in [2.05, 4.69) is 14.7 Å². The number of carbonyl (C=O) groups excluding carboxylic acids is 1. The van der Waals surface area contributed by atoms with Gasteiger partial charge in [-0.25, -0.2) is 9.78 Å². The molecular formula is C19H17N3O3. The quantitative estimate of drug-likeness (QED) is 0.685.